The van der Waals surface area contributed by atoms with Gasteiger partial charge in [0.2, 0.25) is 5.89 Å². The number of esters is 1. The molecule has 1 atom stereocenters. The summed E-state index contributed by atoms with van der Waals surface area (Å²) in [5.41, 5.74) is 1.52. The molecule has 0 amide bonds. The van der Waals surface area contributed by atoms with Crippen LogP contribution in [0.1, 0.15) is 34.8 Å². The van der Waals surface area contributed by atoms with Crippen LogP contribution in [0.4, 0.5) is 5.69 Å². The molecule has 9 nitrogen and oxygen atoms in total. The Kier molecular flexibility index (Phi) is 5.35. The Balaban J connectivity index is 1.75. The molecule has 0 spiro atoms. The number of aromatic nitrogens is 2. The van der Waals surface area contributed by atoms with Crippen molar-refractivity contribution in [2.75, 3.05) is 7.11 Å². The molecule has 3 aromatic rings. The fourth-order valence-electron chi connectivity index (χ4n) is 2.45. The minimum Gasteiger partial charge on any atom is -0.490 e. The lowest BCUT2D eigenvalue weighted by molar-refractivity contribution is -0.385. The zero-order chi connectivity index (χ0) is 20.3. The second kappa shape index (κ2) is 7.87. The Morgan fingerprint density at radius 1 is 1.18 bits per heavy atom. The molecule has 1 aromatic heterocycles. The van der Waals surface area contributed by atoms with Crippen molar-refractivity contribution in [2.24, 2.45) is 0 Å². The third-order valence-corrected chi connectivity index (χ3v) is 3.98. The summed E-state index contributed by atoms with van der Waals surface area (Å²) in [4.78, 5) is 22.8. The highest BCUT2D eigenvalue weighted by atomic mass is 16.6. The molecule has 1 heterocycles. The van der Waals surface area contributed by atoms with E-state index in [1.165, 1.54) is 19.2 Å². The molecule has 3 rings (SSSR count). The van der Waals surface area contributed by atoms with Crippen LogP contribution in [0.3, 0.4) is 0 Å². The van der Waals surface area contributed by atoms with Crippen LogP contribution in [-0.4, -0.2) is 28.2 Å². The first-order chi connectivity index (χ1) is 13.4. The third kappa shape index (κ3) is 3.98. The summed E-state index contributed by atoms with van der Waals surface area (Å²) in [5, 5.41) is 19.0. The van der Waals surface area contributed by atoms with Crippen molar-refractivity contribution in [1.29, 1.82) is 0 Å². The molecule has 0 saturated carbocycles. The Hall–Kier alpha value is -3.75. The molecule has 0 N–H and O–H groups in total. The zero-order valence-electron chi connectivity index (χ0n) is 15.4. The molecule has 0 unspecified atom stereocenters. The van der Waals surface area contributed by atoms with E-state index in [1.54, 1.807) is 6.92 Å². The van der Waals surface area contributed by atoms with Gasteiger partial charge in [-0.3, -0.25) is 10.1 Å². The first kappa shape index (κ1) is 19.0. The Morgan fingerprint density at radius 3 is 2.54 bits per heavy atom. The van der Waals surface area contributed by atoms with Crippen LogP contribution >= 0.6 is 0 Å². The first-order valence-electron chi connectivity index (χ1n) is 8.33. The molecule has 0 saturated heterocycles. The third-order valence-electron chi connectivity index (χ3n) is 3.98. The average Bonchev–Trinajstić information content (AvgIpc) is 3.18. The lowest BCUT2D eigenvalue weighted by atomic mass is 10.1. The fraction of sp³-hybridized carbons (Fsp3) is 0.211. The van der Waals surface area contributed by atoms with E-state index in [2.05, 4.69) is 10.2 Å². The number of methoxy groups -OCH3 is 1. The van der Waals surface area contributed by atoms with Gasteiger partial charge in [-0.2, -0.15) is 0 Å². The summed E-state index contributed by atoms with van der Waals surface area (Å²) in [7, 11) is 1.31. The van der Waals surface area contributed by atoms with Crippen LogP contribution in [0.2, 0.25) is 0 Å². The van der Waals surface area contributed by atoms with Gasteiger partial charge in [-0.25, -0.2) is 4.79 Å². The van der Waals surface area contributed by atoms with E-state index >= 15 is 0 Å². The monoisotopic (exact) mass is 383 g/mol. The predicted molar refractivity (Wildman–Crippen MR) is 97.9 cm³/mol. The largest absolute Gasteiger partial charge is 0.490 e. The molecule has 0 aliphatic carbocycles. The maximum Gasteiger partial charge on any atom is 0.339 e. The van der Waals surface area contributed by atoms with Gasteiger partial charge in [-0.15, -0.1) is 10.2 Å². The number of benzene rings is 2. The fourth-order valence-corrected chi connectivity index (χ4v) is 2.45. The summed E-state index contributed by atoms with van der Waals surface area (Å²) in [6.45, 7) is 3.54. The van der Waals surface area contributed by atoms with Crippen molar-refractivity contribution in [3.8, 4) is 17.2 Å². The average molecular weight is 383 g/mol. The van der Waals surface area contributed by atoms with Gasteiger partial charge < -0.3 is 13.9 Å². The van der Waals surface area contributed by atoms with Gasteiger partial charge in [0.05, 0.1) is 17.6 Å². The number of nitrogens with zero attached hydrogens (tertiary/aromatic N) is 3. The molecule has 0 aliphatic heterocycles. The lowest BCUT2D eigenvalue weighted by Crippen LogP contribution is -2.10. The van der Waals surface area contributed by atoms with Crippen LogP contribution in [0, 0.1) is 17.0 Å². The van der Waals surface area contributed by atoms with Gasteiger partial charge in [-0.05, 0) is 38.1 Å². The highest BCUT2D eigenvalue weighted by molar-refractivity contribution is 5.90. The molecular weight excluding hydrogens is 366 g/mol. The molecular formula is C19H17N3O6. The van der Waals surface area contributed by atoms with Crippen LogP contribution in [0.25, 0.3) is 11.5 Å². The van der Waals surface area contributed by atoms with E-state index in [0.29, 0.717) is 5.89 Å². The molecule has 2 aromatic carbocycles. The summed E-state index contributed by atoms with van der Waals surface area (Å²) in [6.07, 6.45) is -0.833. The van der Waals surface area contributed by atoms with Crippen molar-refractivity contribution in [3.63, 3.8) is 0 Å². The molecule has 0 radical (unpaired) electrons. The van der Waals surface area contributed by atoms with E-state index in [4.69, 9.17) is 13.9 Å². The SMILES string of the molecule is COc1ccc(C(=O)O[C@H](C)c2nnc(-c3ccc(C)cc3)o2)cc1[N+](=O)[O-]. The van der Waals surface area contributed by atoms with Crippen LogP contribution in [0.15, 0.2) is 46.9 Å². The molecule has 0 fully saturated rings. The van der Waals surface area contributed by atoms with Gasteiger partial charge in [0.1, 0.15) is 0 Å². The normalized spacial score (nSPS) is 11.7. The highest BCUT2D eigenvalue weighted by Gasteiger charge is 2.23. The van der Waals surface area contributed by atoms with Crippen molar-refractivity contribution in [2.45, 2.75) is 20.0 Å². The summed E-state index contributed by atoms with van der Waals surface area (Å²) in [5.74, 6) is -0.285. The van der Waals surface area contributed by atoms with Crippen molar-refractivity contribution < 1.29 is 23.6 Å². The van der Waals surface area contributed by atoms with Gasteiger partial charge in [0.25, 0.3) is 5.89 Å². The maximum atomic E-state index is 12.3. The standard InChI is InChI=1S/C19H17N3O6/c1-11-4-6-13(7-5-11)18-21-20-17(28-18)12(2)27-19(23)14-8-9-16(26-3)15(10-14)22(24)25/h4-10,12H,1-3H3/t12-/m1/s1. The summed E-state index contributed by atoms with van der Waals surface area (Å²) >= 11 is 0. The number of ether oxygens (including phenoxy) is 2. The minimum atomic E-state index is -0.833. The van der Waals surface area contributed by atoms with Gasteiger partial charge in [0.15, 0.2) is 11.9 Å². The van der Waals surface area contributed by atoms with Gasteiger partial charge in [-0.1, -0.05) is 17.7 Å². The van der Waals surface area contributed by atoms with Crippen molar-refractivity contribution >= 4 is 11.7 Å². The number of nitro groups is 1. The summed E-state index contributed by atoms with van der Waals surface area (Å²) < 4.78 is 15.8. The predicted octanol–water partition coefficient (Wildman–Crippen LogP) is 3.88. The first-order valence-corrected chi connectivity index (χ1v) is 8.33. The molecule has 0 bridgehead atoms. The van der Waals surface area contributed by atoms with Crippen LogP contribution < -0.4 is 4.74 Å². The van der Waals surface area contributed by atoms with E-state index in [-0.39, 0.29) is 22.9 Å². The number of rotatable bonds is 6. The molecule has 0 aliphatic rings. The maximum absolute atomic E-state index is 12.3. The van der Waals surface area contributed by atoms with E-state index in [9.17, 15) is 14.9 Å². The Labute approximate surface area is 160 Å². The van der Waals surface area contributed by atoms with Crippen molar-refractivity contribution in [3.05, 3.63) is 69.6 Å². The zero-order valence-corrected chi connectivity index (χ0v) is 15.4. The minimum absolute atomic E-state index is 0.0117. The number of nitro benzene ring substituents is 1. The van der Waals surface area contributed by atoms with Crippen molar-refractivity contribution in [1.82, 2.24) is 10.2 Å². The molecule has 144 valence electrons. The number of carbonyl (C=O) groups is 1. The number of aryl methyl sites for hydroxylation is 1. The second-order valence-corrected chi connectivity index (χ2v) is 6.00. The van der Waals surface area contributed by atoms with Gasteiger partial charge in [0, 0.05) is 11.6 Å². The number of hydrogen-bond donors (Lipinski definition) is 0. The smallest absolute Gasteiger partial charge is 0.339 e. The Morgan fingerprint density at radius 2 is 1.89 bits per heavy atom. The second-order valence-electron chi connectivity index (χ2n) is 6.00. The van der Waals surface area contributed by atoms with Gasteiger partial charge >= 0.3 is 11.7 Å². The topological polar surface area (TPSA) is 118 Å². The Bertz CT molecular complexity index is 1010. The summed E-state index contributed by atoms with van der Waals surface area (Å²) in [6, 6.07) is 11.3. The number of carbonyl (C=O) groups excluding carboxylic acids is 1. The number of hydrogen-bond acceptors (Lipinski definition) is 8. The van der Waals surface area contributed by atoms with Crippen LogP contribution in [0.5, 0.6) is 5.75 Å². The van der Waals surface area contributed by atoms with Crippen LogP contribution in [-0.2, 0) is 4.74 Å². The highest BCUT2D eigenvalue weighted by Crippen LogP contribution is 2.29. The van der Waals surface area contributed by atoms with E-state index in [0.717, 1.165) is 17.2 Å². The molecule has 28 heavy (non-hydrogen) atoms. The van der Waals surface area contributed by atoms with E-state index < -0.39 is 17.0 Å². The molecule has 9 heteroatoms. The quantitative estimate of drug-likeness (QED) is 0.357. The van der Waals surface area contributed by atoms with E-state index in [1.807, 2.05) is 31.2 Å². The lowest BCUT2D eigenvalue weighted by Gasteiger charge is -2.10.